The van der Waals surface area contributed by atoms with Gasteiger partial charge in [-0.2, -0.15) is 0 Å². The zero-order chi connectivity index (χ0) is 8.85. The first-order valence-corrected chi connectivity index (χ1v) is 3.15. The Hall–Kier alpha value is -0.720. The van der Waals surface area contributed by atoms with Crippen LogP contribution in [0.1, 0.15) is 6.92 Å². The van der Waals surface area contributed by atoms with E-state index in [0.29, 0.717) is 17.0 Å². The largest absolute Gasteiger partial charge is 0.409 e. The third-order valence-electron chi connectivity index (χ3n) is 0.890. The molecule has 0 aromatic carbocycles. The summed E-state index contributed by atoms with van der Waals surface area (Å²) in [4.78, 5) is 10.2. The van der Waals surface area contributed by atoms with Crippen molar-refractivity contribution in [1.29, 1.82) is 0 Å². The summed E-state index contributed by atoms with van der Waals surface area (Å²) >= 11 is 3.47. The number of nitrogens with one attached hydrogen (secondary N) is 1. The van der Waals surface area contributed by atoms with Gasteiger partial charge in [0.25, 0.3) is 0 Å². The van der Waals surface area contributed by atoms with E-state index in [1.807, 2.05) is 0 Å². The van der Waals surface area contributed by atoms with Gasteiger partial charge in [-0.15, -0.1) is 5.17 Å². The lowest BCUT2D eigenvalue weighted by atomic mass is 10.4. The van der Waals surface area contributed by atoms with Gasteiger partial charge in [-0.3, -0.25) is 15.4 Å². The molecule has 2 N–H and O–H groups in total. The van der Waals surface area contributed by atoms with Crippen LogP contribution in [0.4, 0.5) is 0 Å². The maximum atomic E-state index is 10.2. The van der Waals surface area contributed by atoms with Crippen LogP contribution in [-0.4, -0.2) is 23.7 Å². The van der Waals surface area contributed by atoms with Crippen LogP contribution >= 0.6 is 12.9 Å². The molecule has 0 heterocycles. The Morgan fingerprint density at radius 3 is 2.64 bits per heavy atom. The average Bonchev–Trinajstić information content (AvgIpc) is 1.98. The number of rotatable bonds is 4. The molecule has 0 bridgehead atoms. The van der Waals surface area contributed by atoms with Crippen molar-refractivity contribution in [1.82, 2.24) is 10.6 Å². The molecule has 0 radical (unpaired) electrons. The fraction of sp³-hybridized carbons (Fsp3) is 0.400. The molecule has 5 nitrogen and oxygen atoms in total. The highest BCUT2D eigenvalue weighted by Gasteiger charge is 2.02. The van der Waals surface area contributed by atoms with Crippen molar-refractivity contribution in [2.75, 3.05) is 7.05 Å². The van der Waals surface area contributed by atoms with E-state index >= 15 is 0 Å². The first-order chi connectivity index (χ1) is 5.11. The minimum atomic E-state index is 0.0910. The van der Waals surface area contributed by atoms with Gasteiger partial charge in [0.1, 0.15) is 0 Å². The SMILES string of the molecule is C/C(C=O)=C(/NN(C)O)OS. The lowest BCUT2D eigenvalue weighted by molar-refractivity contribution is -0.111. The second kappa shape index (κ2) is 5.00. The molecule has 0 aliphatic heterocycles. The van der Waals surface area contributed by atoms with Gasteiger partial charge in [0.15, 0.2) is 6.29 Å². The number of nitrogens with zero attached hydrogens (tertiary/aromatic N) is 1. The summed E-state index contributed by atoms with van der Waals surface area (Å²) < 4.78 is 4.44. The molecular formula is C5H10N2O3S. The predicted molar refractivity (Wildman–Crippen MR) is 41.5 cm³/mol. The summed E-state index contributed by atoms with van der Waals surface area (Å²) in [5.41, 5.74) is 2.63. The Morgan fingerprint density at radius 1 is 1.82 bits per heavy atom. The standard InChI is InChI=1S/C5H10N2O3S/c1-4(3-8)5(10-11)6-7(2)9/h3,6,9,11H,1-2H3/b5-4+. The van der Waals surface area contributed by atoms with E-state index in [1.54, 1.807) is 0 Å². The molecule has 64 valence electrons. The molecule has 11 heavy (non-hydrogen) atoms. The molecule has 0 unspecified atom stereocenters. The number of hydrazine groups is 1. The fourth-order valence-corrected chi connectivity index (χ4v) is 0.566. The van der Waals surface area contributed by atoms with Crippen LogP contribution in [0.25, 0.3) is 0 Å². The lowest BCUT2D eigenvalue weighted by Gasteiger charge is -2.13. The molecule has 0 aliphatic carbocycles. The third kappa shape index (κ3) is 3.87. The summed E-state index contributed by atoms with van der Waals surface area (Å²) in [5.74, 6) is 0.0910. The monoisotopic (exact) mass is 178 g/mol. The third-order valence-corrected chi connectivity index (χ3v) is 1.07. The van der Waals surface area contributed by atoms with Crippen molar-refractivity contribution in [3.63, 3.8) is 0 Å². The van der Waals surface area contributed by atoms with Crippen molar-refractivity contribution < 1.29 is 14.2 Å². The van der Waals surface area contributed by atoms with Gasteiger partial charge in [-0.25, -0.2) is 0 Å². The molecule has 0 aromatic rings. The highest BCUT2D eigenvalue weighted by atomic mass is 32.1. The summed E-state index contributed by atoms with van der Waals surface area (Å²) in [6.45, 7) is 1.52. The van der Waals surface area contributed by atoms with Crippen molar-refractivity contribution in [2.45, 2.75) is 6.92 Å². The van der Waals surface area contributed by atoms with Gasteiger partial charge in [-0.1, -0.05) is 0 Å². The van der Waals surface area contributed by atoms with E-state index in [-0.39, 0.29) is 5.88 Å². The van der Waals surface area contributed by atoms with Crippen LogP contribution in [0.3, 0.4) is 0 Å². The number of hydrogen-bond acceptors (Lipinski definition) is 6. The molecule has 0 saturated carbocycles. The molecule has 0 aliphatic rings. The van der Waals surface area contributed by atoms with E-state index in [2.05, 4.69) is 22.5 Å². The van der Waals surface area contributed by atoms with Crippen molar-refractivity contribution in [2.24, 2.45) is 0 Å². The predicted octanol–water partition coefficient (Wildman–Crippen LogP) is 0.104. The fourth-order valence-electron chi connectivity index (χ4n) is 0.381. The minimum Gasteiger partial charge on any atom is -0.409 e. The summed E-state index contributed by atoms with van der Waals surface area (Å²) in [7, 11) is 1.34. The van der Waals surface area contributed by atoms with Crippen LogP contribution < -0.4 is 5.43 Å². The molecule has 0 atom stereocenters. The number of hydrogen-bond donors (Lipinski definition) is 3. The Labute approximate surface area is 70.2 Å². The molecule has 0 aromatic heterocycles. The lowest BCUT2D eigenvalue weighted by Crippen LogP contribution is -2.31. The van der Waals surface area contributed by atoms with Crippen molar-refractivity contribution >= 4 is 19.2 Å². The van der Waals surface area contributed by atoms with Crippen LogP contribution in [0.15, 0.2) is 11.5 Å². The molecule has 0 fully saturated rings. The Balaban J connectivity index is 4.26. The zero-order valence-electron chi connectivity index (χ0n) is 6.24. The van der Waals surface area contributed by atoms with Gasteiger partial charge in [0, 0.05) is 20.0 Å². The molecular weight excluding hydrogens is 168 g/mol. The number of hydroxylamine groups is 1. The Kier molecular flexibility index (Phi) is 4.67. The van der Waals surface area contributed by atoms with Crippen LogP contribution in [0.2, 0.25) is 0 Å². The molecule has 0 spiro atoms. The number of allylic oxidation sites excluding steroid dienone is 1. The van der Waals surface area contributed by atoms with Gasteiger partial charge < -0.3 is 4.18 Å². The molecule has 0 amide bonds. The van der Waals surface area contributed by atoms with E-state index in [4.69, 9.17) is 5.21 Å². The molecule has 0 saturated heterocycles. The highest BCUT2D eigenvalue weighted by molar-refractivity contribution is 7.75. The minimum absolute atomic E-state index is 0.0910. The summed E-state index contributed by atoms with van der Waals surface area (Å²) in [5, 5.41) is 9.31. The number of thiol groups is 1. The smallest absolute Gasteiger partial charge is 0.223 e. The normalized spacial score (nSPS) is 12.5. The van der Waals surface area contributed by atoms with Crippen molar-refractivity contribution in [3.8, 4) is 0 Å². The summed E-state index contributed by atoms with van der Waals surface area (Å²) in [6, 6.07) is 0. The quantitative estimate of drug-likeness (QED) is 0.142. The maximum absolute atomic E-state index is 10.2. The molecule has 6 heteroatoms. The summed E-state index contributed by atoms with van der Waals surface area (Å²) in [6.07, 6.45) is 0.585. The van der Waals surface area contributed by atoms with E-state index < -0.39 is 0 Å². The maximum Gasteiger partial charge on any atom is 0.223 e. The van der Waals surface area contributed by atoms with Gasteiger partial charge in [-0.05, 0) is 6.92 Å². The van der Waals surface area contributed by atoms with Gasteiger partial charge in [0.05, 0.1) is 5.57 Å². The number of carbonyl (C=O) groups is 1. The number of carbonyl (C=O) groups excluding carboxylic acids is 1. The van der Waals surface area contributed by atoms with Crippen LogP contribution in [0, 0.1) is 0 Å². The van der Waals surface area contributed by atoms with Gasteiger partial charge in [0.2, 0.25) is 5.88 Å². The van der Waals surface area contributed by atoms with Gasteiger partial charge >= 0.3 is 0 Å². The first kappa shape index (κ1) is 10.3. The topological polar surface area (TPSA) is 61.8 Å². The Morgan fingerprint density at radius 2 is 2.36 bits per heavy atom. The van der Waals surface area contributed by atoms with E-state index in [9.17, 15) is 4.79 Å². The van der Waals surface area contributed by atoms with E-state index in [0.717, 1.165) is 0 Å². The van der Waals surface area contributed by atoms with Crippen molar-refractivity contribution in [3.05, 3.63) is 11.5 Å². The second-order valence-corrected chi connectivity index (χ2v) is 2.04. The molecule has 0 rings (SSSR count). The van der Waals surface area contributed by atoms with Crippen LogP contribution in [0.5, 0.6) is 0 Å². The average molecular weight is 178 g/mol. The second-order valence-electron chi connectivity index (χ2n) is 1.86. The zero-order valence-corrected chi connectivity index (χ0v) is 7.13. The Bertz CT molecular complexity index is 169. The number of aldehydes is 1. The highest BCUT2D eigenvalue weighted by Crippen LogP contribution is 2.01. The van der Waals surface area contributed by atoms with E-state index in [1.165, 1.54) is 14.0 Å². The van der Waals surface area contributed by atoms with Crippen LogP contribution in [-0.2, 0) is 8.98 Å². The first-order valence-electron chi connectivity index (χ1n) is 2.78.